The van der Waals surface area contributed by atoms with E-state index >= 15 is 0 Å². The lowest BCUT2D eigenvalue weighted by Gasteiger charge is -2.13. The molecule has 3 aromatic rings. The molecule has 0 aliphatic carbocycles. The van der Waals surface area contributed by atoms with Crippen LogP contribution in [0.25, 0.3) is 10.2 Å². The first-order chi connectivity index (χ1) is 13.5. The Hall–Kier alpha value is -3.20. The Morgan fingerprint density at radius 2 is 1.82 bits per heavy atom. The predicted molar refractivity (Wildman–Crippen MR) is 106 cm³/mol. The molecule has 1 aromatic heterocycles. The molecule has 3 rings (SSSR count). The van der Waals surface area contributed by atoms with Gasteiger partial charge in [0, 0.05) is 12.5 Å². The maximum atomic E-state index is 13.4. The molecule has 28 heavy (non-hydrogen) atoms. The van der Waals surface area contributed by atoms with Crippen LogP contribution in [-0.4, -0.2) is 38.4 Å². The van der Waals surface area contributed by atoms with Crippen LogP contribution in [0.4, 0.5) is 9.52 Å². The smallest absolute Gasteiger partial charge is 0.246 e. The Balaban J connectivity index is 1.98. The highest BCUT2D eigenvalue weighted by Crippen LogP contribution is 2.38. The van der Waals surface area contributed by atoms with Gasteiger partial charge in [0.15, 0.2) is 11.5 Å². The number of nitrogens with zero attached hydrogens (tertiary/aromatic N) is 3. The van der Waals surface area contributed by atoms with E-state index in [-0.39, 0.29) is 11.7 Å². The normalized spacial score (nSPS) is 11.0. The number of carbonyl (C=O) groups is 1. The molecule has 0 fully saturated rings. The fourth-order valence-electron chi connectivity index (χ4n) is 2.54. The number of amides is 1. The zero-order chi connectivity index (χ0) is 20.3. The molecule has 0 unspecified atom stereocenters. The number of aromatic nitrogens is 1. The summed E-state index contributed by atoms with van der Waals surface area (Å²) in [4.78, 5) is 16.4. The minimum absolute atomic E-state index is 0.330. The number of benzene rings is 2. The van der Waals surface area contributed by atoms with Gasteiger partial charge >= 0.3 is 0 Å². The van der Waals surface area contributed by atoms with E-state index in [0.717, 1.165) is 5.01 Å². The number of hydrogen-bond donors (Lipinski definition) is 0. The molecule has 0 aliphatic heterocycles. The second-order valence-electron chi connectivity index (χ2n) is 5.64. The zero-order valence-electron chi connectivity index (χ0n) is 15.7. The molecule has 0 N–H and O–H groups in total. The fourth-order valence-corrected chi connectivity index (χ4v) is 3.54. The summed E-state index contributed by atoms with van der Waals surface area (Å²) in [7, 11) is 4.54. The first kappa shape index (κ1) is 19.6. The van der Waals surface area contributed by atoms with Gasteiger partial charge in [0.25, 0.3) is 0 Å². The van der Waals surface area contributed by atoms with Crippen LogP contribution >= 0.6 is 11.3 Å². The van der Waals surface area contributed by atoms with Crippen molar-refractivity contribution in [2.45, 2.75) is 6.92 Å². The van der Waals surface area contributed by atoms with E-state index in [0.29, 0.717) is 38.2 Å². The second-order valence-corrected chi connectivity index (χ2v) is 6.65. The van der Waals surface area contributed by atoms with Crippen molar-refractivity contribution in [3.63, 3.8) is 0 Å². The van der Waals surface area contributed by atoms with Gasteiger partial charge in [-0.1, -0.05) is 11.3 Å². The van der Waals surface area contributed by atoms with Gasteiger partial charge in [-0.15, -0.1) is 0 Å². The van der Waals surface area contributed by atoms with Crippen molar-refractivity contribution in [1.82, 2.24) is 4.98 Å². The number of fused-ring (bicyclic) bond motifs is 1. The average molecular weight is 403 g/mol. The lowest BCUT2D eigenvalue weighted by atomic mass is 10.2. The maximum Gasteiger partial charge on any atom is 0.246 e. The monoisotopic (exact) mass is 403 g/mol. The van der Waals surface area contributed by atoms with Crippen LogP contribution in [0.5, 0.6) is 17.2 Å². The first-order valence-corrected chi connectivity index (χ1v) is 8.99. The molecule has 1 heterocycles. The summed E-state index contributed by atoms with van der Waals surface area (Å²) < 4.78 is 30.0. The standard InChI is InChI=1S/C19H18FN3O4S/c1-11(24)23(19-22-14-6-5-13(20)9-17(14)28-19)21-10-12-7-15(25-2)18(27-4)16(8-12)26-3/h5-10H,1-4H3/b21-10-. The van der Waals surface area contributed by atoms with Crippen molar-refractivity contribution < 1.29 is 23.4 Å². The van der Waals surface area contributed by atoms with Crippen molar-refractivity contribution in [2.24, 2.45) is 5.10 Å². The second kappa shape index (κ2) is 8.22. The minimum atomic E-state index is -0.363. The first-order valence-electron chi connectivity index (χ1n) is 8.17. The lowest BCUT2D eigenvalue weighted by molar-refractivity contribution is -0.116. The molecule has 0 bridgehead atoms. The number of hydrogen-bond acceptors (Lipinski definition) is 7. The Morgan fingerprint density at radius 3 is 2.39 bits per heavy atom. The quantitative estimate of drug-likeness (QED) is 0.462. The highest BCUT2D eigenvalue weighted by atomic mass is 32.1. The number of ether oxygens (including phenoxy) is 3. The van der Waals surface area contributed by atoms with E-state index in [1.807, 2.05) is 0 Å². The summed E-state index contributed by atoms with van der Waals surface area (Å²) in [5.74, 6) is 0.696. The molecule has 9 heteroatoms. The largest absolute Gasteiger partial charge is 0.493 e. The third kappa shape index (κ3) is 3.89. The van der Waals surface area contributed by atoms with Gasteiger partial charge in [-0.25, -0.2) is 9.37 Å². The maximum absolute atomic E-state index is 13.4. The minimum Gasteiger partial charge on any atom is -0.493 e. The van der Waals surface area contributed by atoms with E-state index < -0.39 is 0 Å². The number of carbonyl (C=O) groups excluding carboxylic acids is 1. The fraction of sp³-hybridized carbons (Fsp3) is 0.211. The summed E-state index contributed by atoms with van der Waals surface area (Å²) in [6, 6.07) is 7.67. The summed E-state index contributed by atoms with van der Waals surface area (Å²) in [5, 5.41) is 5.75. The Labute approximate surface area is 165 Å². The van der Waals surface area contributed by atoms with Crippen molar-refractivity contribution >= 4 is 38.8 Å². The van der Waals surface area contributed by atoms with Gasteiger partial charge in [0.05, 0.1) is 37.8 Å². The topological polar surface area (TPSA) is 73.2 Å². The molecule has 0 saturated heterocycles. The molecule has 2 aromatic carbocycles. The van der Waals surface area contributed by atoms with Gasteiger partial charge in [-0.2, -0.15) is 10.1 Å². The van der Waals surface area contributed by atoms with Crippen LogP contribution in [-0.2, 0) is 4.79 Å². The highest BCUT2D eigenvalue weighted by molar-refractivity contribution is 7.22. The van der Waals surface area contributed by atoms with Gasteiger partial charge in [0.1, 0.15) is 5.82 Å². The summed E-state index contributed by atoms with van der Waals surface area (Å²) in [6.45, 7) is 1.37. The Kier molecular flexibility index (Phi) is 5.74. The molecule has 0 saturated carbocycles. The van der Waals surface area contributed by atoms with E-state index in [4.69, 9.17) is 14.2 Å². The molecule has 0 radical (unpaired) electrons. The SMILES string of the molecule is COc1cc(/C=N\N(C(C)=O)c2nc3ccc(F)cc3s2)cc(OC)c1OC. The van der Waals surface area contributed by atoms with E-state index in [1.54, 1.807) is 18.2 Å². The van der Waals surface area contributed by atoms with Crippen LogP contribution < -0.4 is 19.2 Å². The van der Waals surface area contributed by atoms with E-state index in [9.17, 15) is 9.18 Å². The Bertz CT molecular complexity index is 1030. The summed E-state index contributed by atoms with van der Waals surface area (Å²) in [6.07, 6.45) is 1.48. The van der Waals surface area contributed by atoms with Crippen LogP contribution in [0.3, 0.4) is 0 Å². The molecule has 1 amide bonds. The van der Waals surface area contributed by atoms with Gasteiger partial charge < -0.3 is 14.2 Å². The third-order valence-electron chi connectivity index (χ3n) is 3.83. The molecule has 7 nitrogen and oxygen atoms in total. The van der Waals surface area contributed by atoms with Gasteiger partial charge in [-0.3, -0.25) is 4.79 Å². The molecular weight excluding hydrogens is 385 g/mol. The summed E-state index contributed by atoms with van der Waals surface area (Å²) >= 11 is 1.18. The van der Waals surface area contributed by atoms with Crippen molar-refractivity contribution in [3.8, 4) is 17.2 Å². The molecule has 0 aliphatic rings. The number of rotatable bonds is 6. The third-order valence-corrected chi connectivity index (χ3v) is 4.82. The van der Waals surface area contributed by atoms with Crippen molar-refractivity contribution in [2.75, 3.05) is 26.3 Å². The zero-order valence-corrected chi connectivity index (χ0v) is 16.5. The number of hydrazone groups is 1. The molecule has 146 valence electrons. The summed E-state index contributed by atoms with van der Waals surface area (Å²) in [5.41, 5.74) is 1.23. The van der Waals surface area contributed by atoms with Crippen LogP contribution in [0.1, 0.15) is 12.5 Å². The number of thiazole rings is 1. The average Bonchev–Trinajstić information content (AvgIpc) is 3.09. The Morgan fingerprint density at radius 1 is 1.14 bits per heavy atom. The highest BCUT2D eigenvalue weighted by Gasteiger charge is 2.17. The van der Waals surface area contributed by atoms with Crippen molar-refractivity contribution in [1.29, 1.82) is 0 Å². The molecule has 0 atom stereocenters. The number of anilines is 1. The van der Waals surface area contributed by atoms with Crippen LogP contribution in [0.15, 0.2) is 35.4 Å². The van der Waals surface area contributed by atoms with Crippen LogP contribution in [0.2, 0.25) is 0 Å². The molecule has 0 spiro atoms. The van der Waals surface area contributed by atoms with E-state index in [2.05, 4.69) is 10.1 Å². The van der Waals surface area contributed by atoms with Crippen LogP contribution in [0, 0.1) is 5.82 Å². The van der Waals surface area contributed by atoms with Gasteiger partial charge in [-0.05, 0) is 30.3 Å². The predicted octanol–water partition coefficient (Wildman–Crippen LogP) is 3.85. The lowest BCUT2D eigenvalue weighted by Crippen LogP contribution is -2.22. The number of halogens is 1. The van der Waals surface area contributed by atoms with Crippen molar-refractivity contribution in [3.05, 3.63) is 41.7 Å². The van der Waals surface area contributed by atoms with Gasteiger partial charge in [0.2, 0.25) is 16.8 Å². The molecular formula is C19H18FN3O4S. The van der Waals surface area contributed by atoms with E-state index in [1.165, 1.54) is 57.9 Å². The number of methoxy groups -OCH3 is 3.